The Labute approximate surface area is 136 Å². The SMILES string of the molecule is O=S(=O)(NCCCCCCO)c1ccc(Cl)c2ccccc12. The summed E-state index contributed by atoms with van der Waals surface area (Å²) >= 11 is 6.12. The van der Waals surface area contributed by atoms with Crippen molar-refractivity contribution in [1.29, 1.82) is 0 Å². The molecule has 0 fully saturated rings. The first kappa shape index (κ1) is 17.2. The molecule has 0 spiro atoms. The van der Waals surface area contributed by atoms with Gasteiger partial charge in [-0.1, -0.05) is 48.7 Å². The van der Waals surface area contributed by atoms with Gasteiger partial charge in [-0.3, -0.25) is 0 Å². The fraction of sp³-hybridized carbons (Fsp3) is 0.375. The Morgan fingerprint density at radius 1 is 0.955 bits per heavy atom. The second-order valence-corrected chi connectivity index (χ2v) is 7.27. The number of hydrogen-bond acceptors (Lipinski definition) is 3. The lowest BCUT2D eigenvalue weighted by atomic mass is 10.1. The van der Waals surface area contributed by atoms with Crippen LogP contribution in [0, 0.1) is 0 Å². The van der Waals surface area contributed by atoms with Crippen LogP contribution in [-0.4, -0.2) is 26.7 Å². The summed E-state index contributed by atoms with van der Waals surface area (Å²) in [6.45, 7) is 0.577. The summed E-state index contributed by atoms with van der Waals surface area (Å²) in [6.07, 6.45) is 3.31. The van der Waals surface area contributed by atoms with E-state index < -0.39 is 10.0 Å². The summed E-state index contributed by atoms with van der Waals surface area (Å²) < 4.78 is 27.5. The number of aliphatic hydroxyl groups is 1. The van der Waals surface area contributed by atoms with Crippen LogP contribution in [0.15, 0.2) is 41.3 Å². The van der Waals surface area contributed by atoms with E-state index in [-0.39, 0.29) is 11.5 Å². The third kappa shape index (κ3) is 4.20. The Morgan fingerprint density at radius 3 is 2.36 bits per heavy atom. The third-order valence-corrected chi connectivity index (χ3v) is 5.35. The molecule has 0 saturated heterocycles. The number of fused-ring (bicyclic) bond motifs is 1. The minimum absolute atomic E-state index is 0.183. The number of benzene rings is 2. The number of nitrogens with one attached hydrogen (secondary N) is 1. The molecule has 0 aromatic heterocycles. The second kappa shape index (κ2) is 7.92. The van der Waals surface area contributed by atoms with Gasteiger partial charge in [0.15, 0.2) is 0 Å². The van der Waals surface area contributed by atoms with Crippen LogP contribution >= 0.6 is 11.6 Å². The van der Waals surface area contributed by atoms with Crippen molar-refractivity contribution in [3.63, 3.8) is 0 Å². The first-order valence-corrected chi connectivity index (χ1v) is 9.20. The fourth-order valence-electron chi connectivity index (χ4n) is 2.34. The first-order chi connectivity index (χ1) is 10.6. The second-order valence-electron chi connectivity index (χ2n) is 5.13. The number of unbranched alkanes of at least 4 members (excludes halogenated alkanes) is 3. The van der Waals surface area contributed by atoms with Gasteiger partial charge < -0.3 is 5.11 Å². The molecule has 6 heteroatoms. The van der Waals surface area contributed by atoms with Gasteiger partial charge in [0.25, 0.3) is 0 Å². The van der Waals surface area contributed by atoms with Crippen LogP contribution in [0.3, 0.4) is 0 Å². The average molecular weight is 342 g/mol. The van der Waals surface area contributed by atoms with Gasteiger partial charge in [-0.25, -0.2) is 13.1 Å². The van der Waals surface area contributed by atoms with Crippen molar-refractivity contribution in [1.82, 2.24) is 4.72 Å². The molecule has 0 saturated carbocycles. The number of hydrogen-bond donors (Lipinski definition) is 2. The molecule has 0 aliphatic rings. The lowest BCUT2D eigenvalue weighted by molar-refractivity contribution is 0.282. The topological polar surface area (TPSA) is 66.4 Å². The molecule has 0 aliphatic carbocycles. The van der Waals surface area contributed by atoms with Crippen molar-refractivity contribution >= 4 is 32.4 Å². The van der Waals surface area contributed by atoms with Crippen molar-refractivity contribution in [3.05, 3.63) is 41.4 Å². The molecule has 0 atom stereocenters. The number of halogens is 1. The van der Waals surface area contributed by atoms with E-state index in [0.717, 1.165) is 31.1 Å². The summed E-state index contributed by atoms with van der Waals surface area (Å²) in [5.74, 6) is 0. The minimum Gasteiger partial charge on any atom is -0.396 e. The normalized spacial score (nSPS) is 11.9. The Kier molecular flexibility index (Phi) is 6.20. The van der Waals surface area contributed by atoms with E-state index in [4.69, 9.17) is 16.7 Å². The predicted octanol–water partition coefficient (Wildman–Crippen LogP) is 3.32. The van der Waals surface area contributed by atoms with Gasteiger partial charge in [0.1, 0.15) is 0 Å². The molecular weight excluding hydrogens is 322 g/mol. The average Bonchev–Trinajstić information content (AvgIpc) is 2.51. The zero-order valence-corrected chi connectivity index (χ0v) is 13.8. The van der Waals surface area contributed by atoms with Crippen molar-refractivity contribution in [2.24, 2.45) is 0 Å². The van der Waals surface area contributed by atoms with Gasteiger partial charge in [0.05, 0.1) is 4.90 Å². The van der Waals surface area contributed by atoms with Crippen molar-refractivity contribution in [2.75, 3.05) is 13.2 Å². The zero-order chi connectivity index (χ0) is 16.0. The van der Waals surface area contributed by atoms with Crippen LogP contribution < -0.4 is 4.72 Å². The van der Waals surface area contributed by atoms with Gasteiger partial charge in [-0.05, 0) is 25.0 Å². The maximum Gasteiger partial charge on any atom is 0.241 e. The summed E-state index contributed by atoms with van der Waals surface area (Å²) in [6, 6.07) is 10.4. The molecule has 0 unspecified atom stereocenters. The monoisotopic (exact) mass is 341 g/mol. The summed E-state index contributed by atoms with van der Waals surface area (Å²) in [4.78, 5) is 0.253. The van der Waals surface area contributed by atoms with Crippen LogP contribution in [0.5, 0.6) is 0 Å². The van der Waals surface area contributed by atoms with E-state index in [9.17, 15) is 8.42 Å². The molecule has 0 bridgehead atoms. The molecule has 22 heavy (non-hydrogen) atoms. The van der Waals surface area contributed by atoms with Crippen LogP contribution in [0.1, 0.15) is 25.7 Å². The van der Waals surface area contributed by atoms with Crippen molar-refractivity contribution in [2.45, 2.75) is 30.6 Å². The van der Waals surface area contributed by atoms with Crippen LogP contribution in [0.2, 0.25) is 5.02 Å². The number of sulfonamides is 1. The smallest absolute Gasteiger partial charge is 0.241 e. The summed E-state index contributed by atoms with van der Waals surface area (Å²) in [5, 5.41) is 10.6. The Bertz CT molecular complexity index is 731. The molecule has 0 heterocycles. The largest absolute Gasteiger partial charge is 0.396 e. The molecule has 2 aromatic rings. The van der Waals surface area contributed by atoms with E-state index >= 15 is 0 Å². The van der Waals surface area contributed by atoms with E-state index in [1.807, 2.05) is 12.1 Å². The molecule has 0 aliphatic heterocycles. The lowest BCUT2D eigenvalue weighted by Gasteiger charge is -2.10. The Balaban J connectivity index is 2.12. The fourth-order valence-corrected chi connectivity index (χ4v) is 3.85. The van der Waals surface area contributed by atoms with Gasteiger partial charge >= 0.3 is 0 Å². The Morgan fingerprint density at radius 2 is 1.64 bits per heavy atom. The summed E-state index contributed by atoms with van der Waals surface area (Å²) in [5.41, 5.74) is 0. The molecule has 120 valence electrons. The third-order valence-electron chi connectivity index (χ3n) is 3.50. The zero-order valence-electron chi connectivity index (χ0n) is 12.3. The minimum atomic E-state index is -3.55. The van der Waals surface area contributed by atoms with Crippen LogP contribution in [0.4, 0.5) is 0 Å². The van der Waals surface area contributed by atoms with E-state index in [1.54, 1.807) is 24.3 Å². The molecule has 2 aromatic carbocycles. The number of rotatable bonds is 8. The van der Waals surface area contributed by atoms with Gasteiger partial charge in [0, 0.05) is 28.9 Å². The molecule has 0 amide bonds. The highest BCUT2D eigenvalue weighted by atomic mass is 35.5. The molecule has 0 radical (unpaired) electrons. The molecular formula is C16H20ClNO3S. The summed E-state index contributed by atoms with van der Waals surface area (Å²) in [7, 11) is -3.55. The molecule has 4 nitrogen and oxygen atoms in total. The van der Waals surface area contributed by atoms with Gasteiger partial charge in [0.2, 0.25) is 10.0 Å². The predicted molar refractivity (Wildman–Crippen MR) is 89.7 cm³/mol. The highest BCUT2D eigenvalue weighted by Crippen LogP contribution is 2.28. The maximum absolute atomic E-state index is 12.5. The van der Waals surface area contributed by atoms with E-state index in [1.165, 1.54) is 0 Å². The van der Waals surface area contributed by atoms with Crippen molar-refractivity contribution < 1.29 is 13.5 Å². The van der Waals surface area contributed by atoms with Gasteiger partial charge in [-0.2, -0.15) is 0 Å². The van der Waals surface area contributed by atoms with Crippen molar-refractivity contribution in [3.8, 4) is 0 Å². The van der Waals surface area contributed by atoms with E-state index in [0.29, 0.717) is 17.0 Å². The van der Waals surface area contributed by atoms with Crippen LogP contribution in [-0.2, 0) is 10.0 Å². The van der Waals surface area contributed by atoms with E-state index in [2.05, 4.69) is 4.72 Å². The maximum atomic E-state index is 12.5. The molecule has 2 rings (SSSR count). The lowest BCUT2D eigenvalue weighted by Crippen LogP contribution is -2.25. The van der Waals surface area contributed by atoms with Crippen LogP contribution in [0.25, 0.3) is 10.8 Å². The number of aliphatic hydroxyl groups excluding tert-OH is 1. The molecule has 2 N–H and O–H groups in total. The first-order valence-electron chi connectivity index (χ1n) is 7.34. The highest BCUT2D eigenvalue weighted by Gasteiger charge is 2.17. The standard InChI is InChI=1S/C16H20ClNO3S/c17-15-9-10-16(14-8-4-3-7-13(14)15)22(20,21)18-11-5-1-2-6-12-19/h3-4,7-10,18-19H,1-2,5-6,11-12H2. The Hall–Kier alpha value is -1.14. The quantitative estimate of drug-likeness (QED) is 0.724. The van der Waals surface area contributed by atoms with Gasteiger partial charge in [-0.15, -0.1) is 0 Å². The highest BCUT2D eigenvalue weighted by molar-refractivity contribution is 7.89.